The van der Waals surface area contributed by atoms with Crippen LogP contribution in [0.5, 0.6) is 0 Å². The van der Waals surface area contributed by atoms with Crippen LogP contribution in [0.2, 0.25) is 5.02 Å². The molecule has 1 saturated heterocycles. The van der Waals surface area contributed by atoms with Crippen LogP contribution < -0.4 is 16.2 Å². The Bertz CT molecular complexity index is 1160. The van der Waals surface area contributed by atoms with E-state index in [0.29, 0.717) is 33.3 Å². The van der Waals surface area contributed by atoms with E-state index in [2.05, 4.69) is 38.8 Å². The zero-order valence-electron chi connectivity index (χ0n) is 15.8. The summed E-state index contributed by atoms with van der Waals surface area (Å²) in [5.41, 5.74) is 7.34. The Morgan fingerprint density at radius 1 is 1.25 bits per heavy atom. The van der Waals surface area contributed by atoms with Crippen molar-refractivity contribution in [2.45, 2.75) is 25.3 Å². The van der Waals surface area contributed by atoms with Crippen molar-refractivity contribution in [3.05, 3.63) is 50.9 Å². The quantitative estimate of drug-likeness (QED) is 0.614. The number of halogens is 1. The molecule has 8 heteroatoms. The molecule has 3 heterocycles. The first-order valence-electron chi connectivity index (χ1n) is 9.11. The first-order valence-corrected chi connectivity index (χ1v) is 9.49. The van der Waals surface area contributed by atoms with Crippen molar-refractivity contribution in [3.8, 4) is 11.8 Å². The van der Waals surface area contributed by atoms with Crippen LogP contribution >= 0.6 is 11.6 Å². The fraction of sp³-hybridized carbons (Fsp3) is 0.350. The van der Waals surface area contributed by atoms with Crippen LogP contribution in [0, 0.1) is 11.8 Å². The van der Waals surface area contributed by atoms with Gasteiger partial charge in [0.2, 0.25) is 5.95 Å². The molecule has 0 saturated carbocycles. The minimum Gasteiger partial charge on any atom is -0.342 e. The van der Waals surface area contributed by atoms with E-state index < -0.39 is 0 Å². The van der Waals surface area contributed by atoms with Crippen molar-refractivity contribution in [2.24, 2.45) is 12.8 Å². The molecule has 4 rings (SSSR count). The molecule has 0 aliphatic carbocycles. The van der Waals surface area contributed by atoms with Gasteiger partial charge in [-0.15, -0.1) is 0 Å². The number of aromatic amines is 1. The van der Waals surface area contributed by atoms with Crippen LogP contribution in [0.4, 0.5) is 5.95 Å². The van der Waals surface area contributed by atoms with Gasteiger partial charge < -0.3 is 10.6 Å². The van der Waals surface area contributed by atoms with E-state index in [1.54, 1.807) is 17.7 Å². The molecule has 0 amide bonds. The summed E-state index contributed by atoms with van der Waals surface area (Å²) in [7, 11) is 1.72. The Morgan fingerprint density at radius 3 is 2.68 bits per heavy atom. The van der Waals surface area contributed by atoms with Gasteiger partial charge in [0.05, 0.1) is 5.02 Å². The smallest absolute Gasteiger partial charge is 0.267 e. The van der Waals surface area contributed by atoms with Crippen LogP contribution in [0.3, 0.4) is 0 Å². The van der Waals surface area contributed by atoms with Crippen molar-refractivity contribution in [1.82, 2.24) is 19.7 Å². The number of H-pyrrole nitrogens is 1. The zero-order valence-corrected chi connectivity index (χ0v) is 16.5. The molecule has 0 unspecified atom stereocenters. The summed E-state index contributed by atoms with van der Waals surface area (Å²) in [4.78, 5) is 19.7. The van der Waals surface area contributed by atoms with Crippen molar-refractivity contribution in [2.75, 3.05) is 18.0 Å². The number of fused-ring (bicyclic) bond motifs is 1. The van der Waals surface area contributed by atoms with E-state index >= 15 is 0 Å². The molecule has 2 aromatic heterocycles. The van der Waals surface area contributed by atoms with Gasteiger partial charge in [-0.05, 0) is 37.8 Å². The van der Waals surface area contributed by atoms with Crippen LogP contribution in [0.15, 0.2) is 29.1 Å². The Balaban J connectivity index is 1.73. The first-order chi connectivity index (χ1) is 13.4. The Hall–Kier alpha value is -2.82. The predicted molar refractivity (Wildman–Crippen MR) is 111 cm³/mol. The lowest BCUT2D eigenvalue weighted by Gasteiger charge is -2.37. The Morgan fingerprint density at radius 2 is 1.96 bits per heavy atom. The summed E-state index contributed by atoms with van der Waals surface area (Å²) in [5.74, 6) is 6.53. The summed E-state index contributed by atoms with van der Waals surface area (Å²) in [6.07, 6.45) is 1.69. The predicted octanol–water partition coefficient (Wildman–Crippen LogP) is 2.03. The highest BCUT2D eigenvalue weighted by Crippen LogP contribution is 2.23. The third-order valence-electron chi connectivity index (χ3n) is 5.16. The normalized spacial score (nSPS) is 16.1. The molecule has 28 heavy (non-hydrogen) atoms. The van der Waals surface area contributed by atoms with Gasteiger partial charge in [-0.1, -0.05) is 29.7 Å². The van der Waals surface area contributed by atoms with Gasteiger partial charge in [0.1, 0.15) is 5.39 Å². The molecule has 0 bridgehead atoms. The van der Waals surface area contributed by atoms with Gasteiger partial charge >= 0.3 is 0 Å². The Kier molecular flexibility index (Phi) is 4.61. The maximum absolute atomic E-state index is 13.0. The van der Waals surface area contributed by atoms with Gasteiger partial charge in [-0.25, -0.2) is 0 Å². The number of nitrogens with two attached hydrogens (primary N) is 1. The van der Waals surface area contributed by atoms with Crippen molar-refractivity contribution in [3.63, 3.8) is 0 Å². The largest absolute Gasteiger partial charge is 0.342 e. The molecular weight excluding hydrogens is 376 g/mol. The molecule has 0 spiro atoms. The number of nitrogens with one attached hydrogen (secondary N) is 1. The molecule has 144 valence electrons. The first kappa shape index (κ1) is 18.5. The maximum Gasteiger partial charge on any atom is 0.267 e. The summed E-state index contributed by atoms with van der Waals surface area (Å²) < 4.78 is 1.55. The summed E-state index contributed by atoms with van der Waals surface area (Å²) in [5, 5.41) is 7.97. The molecule has 0 atom stereocenters. The fourth-order valence-electron chi connectivity index (χ4n) is 3.33. The highest BCUT2D eigenvalue weighted by Gasteiger charge is 2.28. The number of benzene rings is 1. The molecule has 1 aromatic carbocycles. The minimum absolute atomic E-state index is 0.172. The van der Waals surface area contributed by atoms with Crippen molar-refractivity contribution >= 4 is 28.6 Å². The highest BCUT2D eigenvalue weighted by atomic mass is 35.5. The third kappa shape index (κ3) is 3.37. The van der Waals surface area contributed by atoms with Crippen molar-refractivity contribution < 1.29 is 0 Å². The lowest BCUT2D eigenvalue weighted by Crippen LogP contribution is -2.49. The second-order valence-electron chi connectivity index (χ2n) is 7.44. The number of hydrogen-bond donors (Lipinski definition) is 2. The summed E-state index contributed by atoms with van der Waals surface area (Å²) in [6, 6.07) is 7.29. The van der Waals surface area contributed by atoms with Gasteiger partial charge in [-0.3, -0.25) is 14.5 Å². The zero-order chi connectivity index (χ0) is 19.9. The number of rotatable bonds is 1. The second-order valence-corrected chi connectivity index (χ2v) is 7.85. The molecule has 1 aliphatic rings. The van der Waals surface area contributed by atoms with E-state index in [-0.39, 0.29) is 11.1 Å². The molecule has 7 nitrogen and oxygen atoms in total. The number of aromatic nitrogens is 4. The van der Waals surface area contributed by atoms with Gasteiger partial charge in [0.15, 0.2) is 11.3 Å². The van der Waals surface area contributed by atoms with Gasteiger partial charge in [0.25, 0.3) is 5.56 Å². The van der Waals surface area contributed by atoms with E-state index in [4.69, 9.17) is 17.3 Å². The minimum atomic E-state index is -0.182. The Labute approximate surface area is 167 Å². The topological polar surface area (TPSA) is 92.8 Å². The summed E-state index contributed by atoms with van der Waals surface area (Å²) >= 11 is 6.14. The number of nitrogens with zero attached hydrogens (tertiary/aromatic N) is 4. The van der Waals surface area contributed by atoms with Gasteiger partial charge in [0, 0.05) is 31.2 Å². The summed E-state index contributed by atoms with van der Waals surface area (Å²) in [6.45, 7) is 3.57. The molecule has 1 fully saturated rings. The van der Waals surface area contributed by atoms with Crippen LogP contribution in [0.25, 0.3) is 11.0 Å². The van der Waals surface area contributed by atoms with Crippen LogP contribution in [0.1, 0.15) is 31.0 Å². The third-order valence-corrected chi connectivity index (χ3v) is 5.49. The van der Waals surface area contributed by atoms with Crippen molar-refractivity contribution in [1.29, 1.82) is 0 Å². The van der Waals surface area contributed by atoms with E-state index in [1.165, 1.54) is 0 Å². The molecular formula is C20H21ClN6O. The van der Waals surface area contributed by atoms with Crippen LogP contribution in [-0.4, -0.2) is 38.4 Å². The molecule has 3 N–H and O–H groups in total. The molecule has 3 aromatic rings. The lowest BCUT2D eigenvalue weighted by atomic mass is 9.91. The van der Waals surface area contributed by atoms with E-state index in [0.717, 1.165) is 25.9 Å². The number of piperidine rings is 1. The fourth-order valence-corrected chi connectivity index (χ4v) is 3.51. The van der Waals surface area contributed by atoms with E-state index in [9.17, 15) is 4.79 Å². The number of anilines is 1. The molecule has 0 radical (unpaired) electrons. The highest BCUT2D eigenvalue weighted by molar-refractivity contribution is 6.31. The standard InChI is InChI=1S/C20H21ClN6O/c1-20(22)9-11-27(12-10-20)19-23-17-16(18(28)26(19)2)15(24-25-17)8-7-13-5-3-4-6-14(13)21/h3-6H,9-12,22H2,1-2H3,(H,24,25). The maximum atomic E-state index is 13.0. The average Bonchev–Trinajstić information content (AvgIpc) is 3.07. The lowest BCUT2D eigenvalue weighted by molar-refractivity contribution is 0.360. The SMILES string of the molecule is Cn1c(N2CCC(C)(N)CC2)nc2[nH]nc(C#Cc3ccccc3Cl)c2c1=O. The number of hydrogen-bond acceptors (Lipinski definition) is 5. The monoisotopic (exact) mass is 396 g/mol. The molecule has 1 aliphatic heterocycles. The van der Waals surface area contributed by atoms with Gasteiger partial charge in [-0.2, -0.15) is 10.1 Å². The van der Waals surface area contributed by atoms with E-state index in [1.807, 2.05) is 18.2 Å². The average molecular weight is 397 g/mol. The second kappa shape index (κ2) is 6.97. The van der Waals surface area contributed by atoms with Crippen LogP contribution in [-0.2, 0) is 7.05 Å².